The van der Waals surface area contributed by atoms with Gasteiger partial charge in [-0.3, -0.25) is 9.89 Å². The third kappa shape index (κ3) is 7.22. The smallest absolute Gasteiger partial charge is 0.225 e. The maximum Gasteiger partial charge on any atom is 0.225 e. The van der Waals surface area contributed by atoms with Crippen molar-refractivity contribution in [1.82, 2.24) is 25.5 Å². The molecule has 7 nitrogen and oxygen atoms in total. The van der Waals surface area contributed by atoms with Crippen molar-refractivity contribution in [2.24, 2.45) is 4.99 Å². The van der Waals surface area contributed by atoms with Gasteiger partial charge in [0.25, 0.3) is 0 Å². The first-order chi connectivity index (χ1) is 13.3. The fourth-order valence-electron chi connectivity index (χ4n) is 3.73. The van der Waals surface area contributed by atoms with Gasteiger partial charge in [-0.15, -0.1) is 24.0 Å². The van der Waals surface area contributed by atoms with Crippen molar-refractivity contribution in [1.29, 1.82) is 0 Å². The van der Waals surface area contributed by atoms with E-state index in [9.17, 15) is 0 Å². The minimum atomic E-state index is 0. The van der Waals surface area contributed by atoms with Crippen molar-refractivity contribution < 1.29 is 0 Å². The summed E-state index contributed by atoms with van der Waals surface area (Å²) in [4.78, 5) is 18.2. The van der Waals surface area contributed by atoms with Crippen LogP contribution >= 0.6 is 35.7 Å². The summed E-state index contributed by atoms with van der Waals surface area (Å²) >= 11 is 1.99. The second kappa shape index (κ2) is 12.7. The molecule has 158 valence electrons. The normalized spacial score (nSPS) is 23.4. The largest absolute Gasteiger partial charge is 0.357 e. The highest BCUT2D eigenvalue weighted by atomic mass is 127. The van der Waals surface area contributed by atoms with E-state index < -0.39 is 0 Å². The highest BCUT2D eigenvalue weighted by Gasteiger charge is 2.24. The molecule has 2 fully saturated rings. The van der Waals surface area contributed by atoms with Crippen LogP contribution in [0.15, 0.2) is 23.5 Å². The standard InChI is InChI=1S/C19H33N7S.HI/c1-3-20-18(24-16-5-6-17(15-16)27-2)21-9-10-25-11-13-26(14-12-25)19-22-7-4-8-23-19;/h4,7-8,16-17H,3,5-6,9-15H2,1-2H3,(H2,20,21,24);1H. The number of nitrogens with one attached hydrogen (secondary N) is 2. The van der Waals surface area contributed by atoms with Gasteiger partial charge in [0.2, 0.25) is 5.95 Å². The third-order valence-corrected chi connectivity index (χ3v) is 6.39. The molecule has 28 heavy (non-hydrogen) atoms. The molecule has 2 atom stereocenters. The summed E-state index contributed by atoms with van der Waals surface area (Å²) in [5.74, 6) is 1.81. The van der Waals surface area contributed by atoms with Crippen molar-refractivity contribution in [2.45, 2.75) is 37.5 Å². The summed E-state index contributed by atoms with van der Waals surface area (Å²) in [6, 6.07) is 2.43. The van der Waals surface area contributed by atoms with Crippen LogP contribution in [0, 0.1) is 0 Å². The molecule has 1 aromatic rings. The van der Waals surface area contributed by atoms with Crippen LogP contribution in [0.5, 0.6) is 0 Å². The van der Waals surface area contributed by atoms with E-state index in [1.165, 1.54) is 19.3 Å². The van der Waals surface area contributed by atoms with Crippen molar-refractivity contribution in [3.05, 3.63) is 18.5 Å². The molecular weight excluding hydrogens is 485 g/mol. The molecule has 0 aromatic carbocycles. The van der Waals surface area contributed by atoms with E-state index in [4.69, 9.17) is 4.99 Å². The van der Waals surface area contributed by atoms with E-state index in [1.807, 2.05) is 30.2 Å². The predicted molar refractivity (Wildman–Crippen MR) is 130 cm³/mol. The molecule has 0 bridgehead atoms. The van der Waals surface area contributed by atoms with Crippen LogP contribution in [0.3, 0.4) is 0 Å². The molecule has 2 unspecified atom stereocenters. The highest BCUT2D eigenvalue weighted by Crippen LogP contribution is 2.28. The number of rotatable bonds is 7. The lowest BCUT2D eigenvalue weighted by molar-refractivity contribution is 0.263. The lowest BCUT2D eigenvalue weighted by Crippen LogP contribution is -2.48. The number of nitrogens with zero attached hydrogens (tertiary/aromatic N) is 5. The van der Waals surface area contributed by atoms with Crippen LogP contribution in [0.1, 0.15) is 26.2 Å². The quantitative estimate of drug-likeness (QED) is 0.325. The zero-order valence-corrected chi connectivity index (χ0v) is 20.2. The Morgan fingerprint density at radius 1 is 1.21 bits per heavy atom. The number of halogens is 1. The molecule has 0 amide bonds. The van der Waals surface area contributed by atoms with Crippen molar-refractivity contribution in [2.75, 3.05) is 57.0 Å². The molecule has 2 aliphatic rings. The van der Waals surface area contributed by atoms with Crippen LogP contribution in [0.25, 0.3) is 0 Å². The summed E-state index contributed by atoms with van der Waals surface area (Å²) in [6.45, 7) is 8.88. The number of aromatic nitrogens is 2. The van der Waals surface area contributed by atoms with Gasteiger partial charge in [-0.2, -0.15) is 11.8 Å². The first kappa shape index (κ1) is 23.5. The molecule has 0 radical (unpaired) electrons. The molecular formula is C19H34IN7S. The number of guanidine groups is 1. The number of hydrogen-bond donors (Lipinski definition) is 2. The van der Waals surface area contributed by atoms with E-state index in [-0.39, 0.29) is 24.0 Å². The van der Waals surface area contributed by atoms with Crippen molar-refractivity contribution >= 4 is 47.6 Å². The summed E-state index contributed by atoms with van der Waals surface area (Å²) < 4.78 is 0. The Kier molecular flexibility index (Phi) is 10.6. The van der Waals surface area contributed by atoms with Crippen molar-refractivity contribution in [3.63, 3.8) is 0 Å². The second-order valence-electron chi connectivity index (χ2n) is 7.15. The lowest BCUT2D eigenvalue weighted by Gasteiger charge is -2.34. The molecule has 1 aliphatic heterocycles. The number of thioether (sulfide) groups is 1. The molecule has 2 heterocycles. The SMILES string of the molecule is CCNC(=NCCN1CCN(c2ncccn2)CC1)NC1CCC(SC)C1.I. The molecule has 9 heteroatoms. The molecule has 0 spiro atoms. The summed E-state index contributed by atoms with van der Waals surface area (Å²) in [5, 5.41) is 7.83. The number of piperazine rings is 1. The van der Waals surface area contributed by atoms with Crippen LogP contribution in [0.4, 0.5) is 5.95 Å². The number of aliphatic imine (C=N–C) groups is 1. The highest BCUT2D eigenvalue weighted by molar-refractivity contribution is 14.0. The average Bonchev–Trinajstić information content (AvgIpc) is 3.17. The van der Waals surface area contributed by atoms with E-state index in [0.29, 0.717) is 6.04 Å². The van der Waals surface area contributed by atoms with Gasteiger partial charge in [-0.1, -0.05) is 0 Å². The van der Waals surface area contributed by atoms with Crippen LogP contribution in [-0.2, 0) is 0 Å². The fraction of sp³-hybridized carbons (Fsp3) is 0.737. The number of anilines is 1. The Morgan fingerprint density at radius 2 is 1.96 bits per heavy atom. The Labute approximate surface area is 190 Å². The third-order valence-electron chi connectivity index (χ3n) is 5.30. The maximum absolute atomic E-state index is 4.81. The fourth-order valence-corrected chi connectivity index (χ4v) is 4.52. The van der Waals surface area contributed by atoms with Gasteiger partial charge in [-0.25, -0.2) is 9.97 Å². The Balaban J connectivity index is 0.00000280. The molecule has 1 aromatic heterocycles. The van der Waals surface area contributed by atoms with E-state index in [0.717, 1.165) is 63.0 Å². The Hall–Kier alpha value is -0.810. The van der Waals surface area contributed by atoms with Gasteiger partial charge in [-0.05, 0) is 38.5 Å². The van der Waals surface area contributed by atoms with Gasteiger partial charge in [0.15, 0.2) is 5.96 Å². The first-order valence-electron chi connectivity index (χ1n) is 10.1. The second-order valence-corrected chi connectivity index (χ2v) is 8.29. The van der Waals surface area contributed by atoms with E-state index in [1.54, 1.807) is 0 Å². The van der Waals surface area contributed by atoms with Crippen LogP contribution < -0.4 is 15.5 Å². The van der Waals surface area contributed by atoms with Crippen LogP contribution in [-0.4, -0.2) is 84.2 Å². The van der Waals surface area contributed by atoms with Gasteiger partial charge in [0.05, 0.1) is 6.54 Å². The Morgan fingerprint density at radius 3 is 2.61 bits per heavy atom. The number of hydrogen-bond acceptors (Lipinski definition) is 6. The maximum atomic E-state index is 4.81. The molecule has 2 N–H and O–H groups in total. The predicted octanol–water partition coefficient (Wildman–Crippen LogP) is 2.06. The zero-order chi connectivity index (χ0) is 18.9. The van der Waals surface area contributed by atoms with Gasteiger partial charge in [0.1, 0.15) is 0 Å². The summed E-state index contributed by atoms with van der Waals surface area (Å²) in [6.07, 6.45) is 9.65. The molecule has 1 aliphatic carbocycles. The summed E-state index contributed by atoms with van der Waals surface area (Å²) in [5.41, 5.74) is 0. The Bertz CT molecular complexity index is 581. The molecule has 1 saturated carbocycles. The first-order valence-corrected chi connectivity index (χ1v) is 11.4. The van der Waals surface area contributed by atoms with E-state index in [2.05, 4.69) is 43.6 Å². The topological polar surface area (TPSA) is 68.7 Å². The van der Waals surface area contributed by atoms with Gasteiger partial charge < -0.3 is 15.5 Å². The lowest BCUT2D eigenvalue weighted by atomic mass is 10.2. The minimum absolute atomic E-state index is 0. The van der Waals surface area contributed by atoms with Gasteiger partial charge in [0, 0.05) is 63.0 Å². The van der Waals surface area contributed by atoms with E-state index >= 15 is 0 Å². The average molecular weight is 520 g/mol. The monoisotopic (exact) mass is 519 g/mol. The van der Waals surface area contributed by atoms with Crippen LogP contribution in [0.2, 0.25) is 0 Å². The summed E-state index contributed by atoms with van der Waals surface area (Å²) in [7, 11) is 0. The minimum Gasteiger partial charge on any atom is -0.357 e. The molecule has 1 saturated heterocycles. The van der Waals surface area contributed by atoms with Gasteiger partial charge >= 0.3 is 0 Å². The molecule has 3 rings (SSSR count). The van der Waals surface area contributed by atoms with Crippen molar-refractivity contribution in [3.8, 4) is 0 Å². The zero-order valence-electron chi connectivity index (χ0n) is 17.0.